The summed E-state index contributed by atoms with van der Waals surface area (Å²) in [4.78, 5) is 11.9. The predicted molar refractivity (Wildman–Crippen MR) is 80.4 cm³/mol. The molecule has 0 spiro atoms. The lowest BCUT2D eigenvalue weighted by Gasteiger charge is -2.13. The van der Waals surface area contributed by atoms with Crippen molar-refractivity contribution < 1.29 is 17.9 Å². The number of hydrogen-bond acceptors (Lipinski definition) is 4. The number of hydrogen-bond donors (Lipinski definition) is 1. The average Bonchev–Trinajstić information content (AvgIpc) is 2.77. The fraction of sp³-hybridized carbons (Fsp3) is 0.643. The van der Waals surface area contributed by atoms with Crippen LogP contribution in [0.5, 0.6) is 0 Å². The van der Waals surface area contributed by atoms with Crippen molar-refractivity contribution in [3.8, 4) is 0 Å². The summed E-state index contributed by atoms with van der Waals surface area (Å²) in [5.74, 6) is -0.532. The largest absolute Gasteiger partial charge is 0.458 e. The first-order valence-electron chi connectivity index (χ1n) is 7.15. The third-order valence-electron chi connectivity index (χ3n) is 3.29. The minimum absolute atomic E-state index is 0.0902. The van der Waals surface area contributed by atoms with E-state index in [4.69, 9.17) is 9.88 Å². The lowest BCUT2D eigenvalue weighted by molar-refractivity contribution is 0.0308. The van der Waals surface area contributed by atoms with Gasteiger partial charge in [-0.15, -0.1) is 0 Å². The van der Waals surface area contributed by atoms with Crippen LogP contribution in [0.3, 0.4) is 0 Å². The van der Waals surface area contributed by atoms with Gasteiger partial charge in [0.25, 0.3) is 0 Å². The molecule has 0 saturated heterocycles. The molecule has 2 N–H and O–H groups in total. The quantitative estimate of drug-likeness (QED) is 0.588. The Kier molecular flexibility index (Phi) is 6.42. The first kappa shape index (κ1) is 17.7. The zero-order valence-electron chi connectivity index (χ0n) is 12.8. The zero-order chi connectivity index (χ0) is 16.0. The number of sulfonamides is 1. The smallest absolute Gasteiger partial charge is 0.355 e. The van der Waals surface area contributed by atoms with E-state index in [-0.39, 0.29) is 16.7 Å². The highest BCUT2D eigenvalue weighted by atomic mass is 32.2. The second-order valence-electron chi connectivity index (χ2n) is 5.28. The molecule has 0 aliphatic carbocycles. The molecule has 0 amide bonds. The highest BCUT2D eigenvalue weighted by Gasteiger charge is 2.20. The Morgan fingerprint density at radius 1 is 1.38 bits per heavy atom. The number of ether oxygens (including phenoxy) is 1. The highest BCUT2D eigenvalue weighted by Crippen LogP contribution is 2.15. The van der Waals surface area contributed by atoms with Crippen molar-refractivity contribution in [3.05, 3.63) is 18.0 Å². The van der Waals surface area contributed by atoms with Gasteiger partial charge in [-0.3, -0.25) is 0 Å². The summed E-state index contributed by atoms with van der Waals surface area (Å²) in [7, 11) is -2.24. The van der Waals surface area contributed by atoms with Crippen molar-refractivity contribution in [3.63, 3.8) is 0 Å². The topological polar surface area (TPSA) is 91.4 Å². The Morgan fingerprint density at radius 2 is 2.05 bits per heavy atom. The van der Waals surface area contributed by atoms with Gasteiger partial charge in [-0.25, -0.2) is 18.4 Å². The molecule has 1 rings (SSSR count). The SMILES string of the molecule is CCCCCCC(C)OC(=O)c1cc(S(N)(=O)=O)cn1C. The van der Waals surface area contributed by atoms with Crippen LogP contribution in [0.15, 0.2) is 17.2 Å². The number of carbonyl (C=O) groups excluding carboxylic acids is 1. The molecule has 0 radical (unpaired) electrons. The van der Waals surface area contributed by atoms with Crippen LogP contribution in [0.25, 0.3) is 0 Å². The molecular weight excluding hydrogens is 292 g/mol. The van der Waals surface area contributed by atoms with Crippen LogP contribution in [0.2, 0.25) is 0 Å². The molecule has 0 aliphatic heterocycles. The lowest BCUT2D eigenvalue weighted by Crippen LogP contribution is -2.17. The van der Waals surface area contributed by atoms with Crippen molar-refractivity contribution in [1.82, 2.24) is 4.57 Å². The van der Waals surface area contributed by atoms with Crippen LogP contribution >= 0.6 is 0 Å². The molecule has 7 heteroatoms. The van der Waals surface area contributed by atoms with Gasteiger partial charge in [-0.1, -0.05) is 26.2 Å². The Labute approximate surface area is 126 Å². The molecule has 1 aromatic rings. The van der Waals surface area contributed by atoms with E-state index in [9.17, 15) is 13.2 Å². The number of rotatable bonds is 8. The number of esters is 1. The molecular formula is C14H24N2O4S. The van der Waals surface area contributed by atoms with Crippen molar-refractivity contribution in [2.75, 3.05) is 0 Å². The van der Waals surface area contributed by atoms with E-state index in [0.717, 1.165) is 25.7 Å². The van der Waals surface area contributed by atoms with E-state index in [1.54, 1.807) is 7.05 Å². The molecule has 1 aromatic heterocycles. The first-order chi connectivity index (χ1) is 9.75. The molecule has 1 heterocycles. The van der Waals surface area contributed by atoms with Crippen molar-refractivity contribution in [1.29, 1.82) is 0 Å². The van der Waals surface area contributed by atoms with Crippen LogP contribution in [0.1, 0.15) is 56.4 Å². The number of unbranched alkanes of at least 4 members (excludes halogenated alkanes) is 3. The first-order valence-corrected chi connectivity index (χ1v) is 8.70. The number of carbonyl (C=O) groups is 1. The van der Waals surface area contributed by atoms with Crippen molar-refractivity contribution in [2.45, 2.75) is 57.0 Å². The average molecular weight is 316 g/mol. The van der Waals surface area contributed by atoms with Crippen molar-refractivity contribution >= 4 is 16.0 Å². The van der Waals surface area contributed by atoms with Crippen LogP contribution in [-0.4, -0.2) is 25.1 Å². The summed E-state index contributed by atoms with van der Waals surface area (Å²) in [5.41, 5.74) is 0.180. The molecule has 0 saturated carbocycles. The minimum Gasteiger partial charge on any atom is -0.458 e. The lowest BCUT2D eigenvalue weighted by atomic mass is 10.1. The Bertz CT molecular complexity index is 578. The fourth-order valence-electron chi connectivity index (χ4n) is 2.05. The number of aromatic nitrogens is 1. The second-order valence-corrected chi connectivity index (χ2v) is 6.84. The van der Waals surface area contributed by atoms with Crippen molar-refractivity contribution in [2.24, 2.45) is 12.2 Å². The van der Waals surface area contributed by atoms with E-state index < -0.39 is 16.0 Å². The van der Waals surface area contributed by atoms with Gasteiger partial charge >= 0.3 is 5.97 Å². The molecule has 0 fully saturated rings. The van der Waals surface area contributed by atoms with Gasteiger partial charge in [-0.05, 0) is 25.8 Å². The minimum atomic E-state index is -3.82. The summed E-state index contributed by atoms with van der Waals surface area (Å²) < 4.78 is 29.3. The second kappa shape index (κ2) is 7.61. The number of primary sulfonamides is 1. The molecule has 1 unspecified atom stereocenters. The maximum atomic E-state index is 12.0. The van der Waals surface area contributed by atoms with Gasteiger partial charge in [0, 0.05) is 13.2 Å². The summed E-state index contributed by atoms with van der Waals surface area (Å²) in [6.07, 6.45) is 6.39. The van der Waals surface area contributed by atoms with Gasteiger partial charge in [-0.2, -0.15) is 0 Å². The molecule has 6 nitrogen and oxygen atoms in total. The maximum absolute atomic E-state index is 12.0. The third-order valence-corrected chi connectivity index (χ3v) is 4.17. The van der Waals surface area contributed by atoms with Gasteiger partial charge in [0.05, 0.1) is 6.10 Å². The van der Waals surface area contributed by atoms with E-state index in [0.29, 0.717) is 0 Å². The summed E-state index contributed by atoms with van der Waals surface area (Å²) in [6, 6.07) is 1.24. The van der Waals surface area contributed by atoms with E-state index in [2.05, 4.69) is 6.92 Å². The number of aryl methyl sites for hydroxylation is 1. The maximum Gasteiger partial charge on any atom is 0.355 e. The molecule has 1 atom stereocenters. The van der Waals surface area contributed by atoms with Crippen LogP contribution in [0.4, 0.5) is 0 Å². The number of nitrogens with zero attached hydrogens (tertiary/aromatic N) is 1. The predicted octanol–water partition coefficient (Wildman–Crippen LogP) is 2.19. The molecule has 0 aromatic carbocycles. The monoisotopic (exact) mass is 316 g/mol. The van der Waals surface area contributed by atoms with E-state index in [1.807, 2.05) is 6.92 Å². The van der Waals surface area contributed by atoms with Crippen LogP contribution < -0.4 is 5.14 Å². The Morgan fingerprint density at radius 3 is 2.57 bits per heavy atom. The van der Waals surface area contributed by atoms with E-state index in [1.165, 1.54) is 23.3 Å². The normalized spacial score (nSPS) is 13.1. The third kappa shape index (κ3) is 5.51. The zero-order valence-corrected chi connectivity index (χ0v) is 13.6. The van der Waals surface area contributed by atoms with Gasteiger partial charge in [0.2, 0.25) is 10.0 Å². The summed E-state index contributed by atoms with van der Waals surface area (Å²) in [6.45, 7) is 3.98. The molecule has 0 bridgehead atoms. The van der Waals surface area contributed by atoms with Crippen LogP contribution in [-0.2, 0) is 21.8 Å². The number of nitrogens with two attached hydrogens (primary N) is 1. The Balaban J connectivity index is 2.61. The van der Waals surface area contributed by atoms with Crippen LogP contribution in [0, 0.1) is 0 Å². The van der Waals surface area contributed by atoms with Gasteiger partial charge in [0.1, 0.15) is 10.6 Å². The van der Waals surface area contributed by atoms with Gasteiger partial charge in [0.15, 0.2) is 0 Å². The standard InChI is InChI=1S/C14H24N2O4S/c1-4-5-6-7-8-11(2)20-14(17)13-9-12(10-16(13)3)21(15,18)19/h9-11H,4-8H2,1-3H3,(H2,15,18,19). The highest BCUT2D eigenvalue weighted by molar-refractivity contribution is 7.89. The summed E-state index contributed by atoms with van der Waals surface area (Å²) >= 11 is 0. The fourth-order valence-corrected chi connectivity index (χ4v) is 2.63. The Hall–Kier alpha value is -1.34. The molecule has 21 heavy (non-hydrogen) atoms. The molecule has 0 aliphatic rings. The summed E-state index contributed by atoms with van der Waals surface area (Å²) in [5, 5.41) is 5.04. The van der Waals surface area contributed by atoms with Gasteiger partial charge < -0.3 is 9.30 Å². The van der Waals surface area contributed by atoms with E-state index >= 15 is 0 Å². The molecule has 120 valence electrons.